The van der Waals surface area contributed by atoms with E-state index in [-0.39, 0.29) is 5.56 Å². The van der Waals surface area contributed by atoms with E-state index < -0.39 is 0 Å². The fourth-order valence-corrected chi connectivity index (χ4v) is 2.12. The number of rotatable bonds is 2. The summed E-state index contributed by atoms with van der Waals surface area (Å²) in [6, 6.07) is 3.70. The van der Waals surface area contributed by atoms with E-state index in [1.54, 1.807) is 6.07 Å². The van der Waals surface area contributed by atoms with Gasteiger partial charge in [-0.05, 0) is 50.4 Å². The number of aryl methyl sites for hydroxylation is 1. The average molecular weight is 206 g/mol. The molecule has 15 heavy (non-hydrogen) atoms. The molecule has 1 saturated heterocycles. The van der Waals surface area contributed by atoms with Gasteiger partial charge in [-0.1, -0.05) is 0 Å². The van der Waals surface area contributed by atoms with Crippen LogP contribution in [0.2, 0.25) is 0 Å². The molecule has 0 aromatic carbocycles. The van der Waals surface area contributed by atoms with E-state index in [1.165, 1.54) is 12.8 Å². The Morgan fingerprint density at radius 3 is 3.13 bits per heavy atom. The maximum atomic E-state index is 11.7. The predicted octanol–water partition coefficient (Wildman–Crippen LogP) is 1.16. The zero-order valence-corrected chi connectivity index (χ0v) is 9.20. The maximum absolute atomic E-state index is 11.7. The molecule has 2 heterocycles. The second-order valence-electron chi connectivity index (χ2n) is 4.41. The molecule has 3 nitrogen and oxygen atoms in total. The first kappa shape index (κ1) is 10.4. The second-order valence-corrected chi connectivity index (χ2v) is 4.41. The minimum absolute atomic E-state index is 0.126. The molecule has 82 valence electrons. The standard InChI is InChI=1S/C12H18N2O/c1-10-4-6-14(12(15)7-10)9-11-3-2-5-13-8-11/h4,6-7,11,13H,2-3,5,8-9H2,1H3/t11-/m0/s1. The van der Waals surface area contributed by atoms with Crippen molar-refractivity contribution in [2.75, 3.05) is 13.1 Å². The first-order valence-electron chi connectivity index (χ1n) is 5.63. The van der Waals surface area contributed by atoms with Crippen molar-refractivity contribution in [1.82, 2.24) is 9.88 Å². The Morgan fingerprint density at radius 1 is 1.60 bits per heavy atom. The summed E-state index contributed by atoms with van der Waals surface area (Å²) in [6.45, 7) is 4.97. The van der Waals surface area contributed by atoms with Gasteiger partial charge < -0.3 is 9.88 Å². The van der Waals surface area contributed by atoms with Crippen LogP contribution in [0.25, 0.3) is 0 Å². The van der Waals surface area contributed by atoms with Gasteiger partial charge in [-0.3, -0.25) is 4.79 Å². The van der Waals surface area contributed by atoms with Gasteiger partial charge in [-0.25, -0.2) is 0 Å². The van der Waals surface area contributed by atoms with Gasteiger partial charge >= 0.3 is 0 Å². The molecule has 3 heteroatoms. The number of nitrogens with zero attached hydrogens (tertiary/aromatic N) is 1. The van der Waals surface area contributed by atoms with Gasteiger partial charge in [0.15, 0.2) is 0 Å². The quantitative estimate of drug-likeness (QED) is 0.787. The Hall–Kier alpha value is -1.09. The highest BCUT2D eigenvalue weighted by molar-refractivity contribution is 5.08. The van der Waals surface area contributed by atoms with Crippen molar-refractivity contribution in [3.05, 3.63) is 34.2 Å². The second kappa shape index (κ2) is 4.62. The number of aromatic nitrogens is 1. The van der Waals surface area contributed by atoms with E-state index in [0.717, 1.165) is 25.2 Å². The summed E-state index contributed by atoms with van der Waals surface area (Å²) in [4.78, 5) is 11.7. The zero-order valence-electron chi connectivity index (χ0n) is 9.20. The molecule has 1 atom stereocenters. The summed E-state index contributed by atoms with van der Waals surface area (Å²) in [6.07, 6.45) is 4.37. The summed E-state index contributed by atoms with van der Waals surface area (Å²) in [5, 5.41) is 3.37. The largest absolute Gasteiger partial charge is 0.316 e. The van der Waals surface area contributed by atoms with E-state index in [9.17, 15) is 4.79 Å². The third-order valence-corrected chi connectivity index (χ3v) is 3.01. The highest BCUT2D eigenvalue weighted by Gasteiger charge is 2.13. The van der Waals surface area contributed by atoms with Gasteiger partial charge in [0.1, 0.15) is 0 Å². The first-order chi connectivity index (χ1) is 7.25. The third-order valence-electron chi connectivity index (χ3n) is 3.01. The Labute approximate surface area is 90.1 Å². The van der Waals surface area contributed by atoms with E-state index in [1.807, 2.05) is 23.8 Å². The molecule has 0 amide bonds. The molecular weight excluding hydrogens is 188 g/mol. The molecule has 0 saturated carbocycles. The lowest BCUT2D eigenvalue weighted by Crippen LogP contribution is -2.34. The van der Waals surface area contributed by atoms with Crippen LogP contribution in [0.15, 0.2) is 23.1 Å². The van der Waals surface area contributed by atoms with E-state index >= 15 is 0 Å². The van der Waals surface area contributed by atoms with Crippen LogP contribution in [0.3, 0.4) is 0 Å². The molecule has 0 unspecified atom stereocenters. The number of piperidine rings is 1. The molecule has 1 aliphatic rings. The van der Waals surface area contributed by atoms with Gasteiger partial charge in [-0.15, -0.1) is 0 Å². The van der Waals surface area contributed by atoms with Crippen molar-refractivity contribution in [2.45, 2.75) is 26.3 Å². The monoisotopic (exact) mass is 206 g/mol. The van der Waals surface area contributed by atoms with Crippen LogP contribution in [-0.4, -0.2) is 17.7 Å². The third kappa shape index (κ3) is 2.69. The number of pyridine rings is 1. The summed E-state index contributed by atoms with van der Waals surface area (Å²) < 4.78 is 1.82. The van der Waals surface area contributed by atoms with Crippen molar-refractivity contribution in [3.63, 3.8) is 0 Å². The van der Waals surface area contributed by atoms with E-state index in [2.05, 4.69) is 5.32 Å². The van der Waals surface area contributed by atoms with Gasteiger partial charge in [0.2, 0.25) is 0 Å². The molecule has 1 aliphatic heterocycles. The lowest BCUT2D eigenvalue weighted by Gasteiger charge is -2.23. The molecule has 1 N–H and O–H groups in total. The number of hydrogen-bond donors (Lipinski definition) is 1. The van der Waals surface area contributed by atoms with Crippen LogP contribution < -0.4 is 10.9 Å². The van der Waals surface area contributed by atoms with Crippen LogP contribution in [0, 0.1) is 12.8 Å². The van der Waals surface area contributed by atoms with Crippen LogP contribution in [0.5, 0.6) is 0 Å². The van der Waals surface area contributed by atoms with Crippen LogP contribution >= 0.6 is 0 Å². The molecule has 1 fully saturated rings. The smallest absolute Gasteiger partial charge is 0.250 e. The average Bonchev–Trinajstić information content (AvgIpc) is 2.24. The van der Waals surface area contributed by atoms with Crippen molar-refractivity contribution >= 4 is 0 Å². The van der Waals surface area contributed by atoms with Crippen molar-refractivity contribution < 1.29 is 0 Å². The minimum Gasteiger partial charge on any atom is -0.316 e. The molecule has 0 aliphatic carbocycles. The van der Waals surface area contributed by atoms with Crippen LogP contribution in [0.4, 0.5) is 0 Å². The number of nitrogens with one attached hydrogen (secondary N) is 1. The molecule has 2 rings (SSSR count). The first-order valence-corrected chi connectivity index (χ1v) is 5.63. The van der Waals surface area contributed by atoms with Gasteiger partial charge in [0.05, 0.1) is 0 Å². The Morgan fingerprint density at radius 2 is 2.47 bits per heavy atom. The Bertz CT molecular complexity index is 377. The molecule has 0 radical (unpaired) electrons. The van der Waals surface area contributed by atoms with E-state index in [0.29, 0.717) is 5.92 Å². The van der Waals surface area contributed by atoms with Crippen molar-refractivity contribution in [1.29, 1.82) is 0 Å². The molecule has 0 bridgehead atoms. The van der Waals surface area contributed by atoms with E-state index in [4.69, 9.17) is 0 Å². The van der Waals surface area contributed by atoms with Crippen LogP contribution in [-0.2, 0) is 6.54 Å². The highest BCUT2D eigenvalue weighted by atomic mass is 16.1. The lowest BCUT2D eigenvalue weighted by molar-refractivity contribution is 0.334. The lowest BCUT2D eigenvalue weighted by atomic mass is 9.99. The minimum atomic E-state index is 0.126. The predicted molar refractivity (Wildman–Crippen MR) is 61.0 cm³/mol. The van der Waals surface area contributed by atoms with Crippen molar-refractivity contribution in [3.8, 4) is 0 Å². The highest BCUT2D eigenvalue weighted by Crippen LogP contribution is 2.11. The van der Waals surface area contributed by atoms with Gasteiger partial charge in [0.25, 0.3) is 5.56 Å². The van der Waals surface area contributed by atoms with Gasteiger partial charge in [-0.2, -0.15) is 0 Å². The fraction of sp³-hybridized carbons (Fsp3) is 0.583. The molecule has 1 aromatic rings. The maximum Gasteiger partial charge on any atom is 0.250 e. The number of hydrogen-bond acceptors (Lipinski definition) is 2. The Balaban J connectivity index is 2.06. The molecular formula is C12H18N2O. The van der Waals surface area contributed by atoms with Crippen molar-refractivity contribution in [2.24, 2.45) is 5.92 Å². The summed E-state index contributed by atoms with van der Waals surface area (Å²) in [5.41, 5.74) is 1.17. The fourth-order valence-electron chi connectivity index (χ4n) is 2.12. The normalized spacial score (nSPS) is 21.5. The Kier molecular flexibility index (Phi) is 3.21. The molecule has 1 aromatic heterocycles. The summed E-state index contributed by atoms with van der Waals surface area (Å²) in [5.74, 6) is 0.610. The zero-order chi connectivity index (χ0) is 10.7. The summed E-state index contributed by atoms with van der Waals surface area (Å²) >= 11 is 0. The van der Waals surface area contributed by atoms with Gasteiger partial charge in [0, 0.05) is 18.8 Å². The topological polar surface area (TPSA) is 34.0 Å². The van der Waals surface area contributed by atoms with Crippen LogP contribution in [0.1, 0.15) is 18.4 Å². The SMILES string of the molecule is Cc1ccn(C[C@H]2CCCNC2)c(=O)c1. The summed E-state index contributed by atoms with van der Waals surface area (Å²) in [7, 11) is 0. The molecule has 0 spiro atoms.